The summed E-state index contributed by atoms with van der Waals surface area (Å²) in [5.41, 5.74) is 0. The van der Waals surface area contributed by atoms with Crippen LogP contribution in [0.5, 0.6) is 0 Å². The molecule has 6 heteroatoms. The predicted octanol–water partition coefficient (Wildman–Crippen LogP) is 20.7. The van der Waals surface area contributed by atoms with Crippen molar-refractivity contribution in [3.8, 4) is 0 Å². The van der Waals surface area contributed by atoms with Gasteiger partial charge in [0.25, 0.3) is 0 Å². The second-order valence-electron chi connectivity index (χ2n) is 20.2. The molecular formula is C66H114O6. The number of carbonyl (C=O) groups excluding carboxylic acids is 3. The number of rotatable bonds is 55. The van der Waals surface area contributed by atoms with E-state index in [0.29, 0.717) is 19.3 Å². The monoisotopic (exact) mass is 1000 g/mol. The summed E-state index contributed by atoms with van der Waals surface area (Å²) in [4.78, 5) is 38.2. The first kappa shape index (κ1) is 68.6. The number of hydrogen-bond donors (Lipinski definition) is 0. The average Bonchev–Trinajstić information content (AvgIpc) is 3.38. The fourth-order valence-electron chi connectivity index (χ4n) is 8.57. The Morgan fingerprint density at radius 2 is 0.556 bits per heavy atom. The van der Waals surface area contributed by atoms with Crippen LogP contribution in [-0.4, -0.2) is 37.2 Å². The Morgan fingerprint density at radius 3 is 0.917 bits per heavy atom. The highest BCUT2D eigenvalue weighted by Gasteiger charge is 2.19. The summed E-state index contributed by atoms with van der Waals surface area (Å²) >= 11 is 0. The molecule has 0 aromatic heterocycles. The molecule has 0 radical (unpaired) electrons. The van der Waals surface area contributed by atoms with Gasteiger partial charge in [0.15, 0.2) is 6.10 Å². The van der Waals surface area contributed by atoms with Crippen molar-refractivity contribution in [1.82, 2.24) is 0 Å². The lowest BCUT2D eigenvalue weighted by molar-refractivity contribution is -0.167. The van der Waals surface area contributed by atoms with Gasteiger partial charge < -0.3 is 14.2 Å². The van der Waals surface area contributed by atoms with Crippen LogP contribution < -0.4 is 0 Å². The molecule has 0 aliphatic heterocycles. The van der Waals surface area contributed by atoms with E-state index in [1.807, 2.05) is 0 Å². The lowest BCUT2D eigenvalue weighted by atomic mass is 10.0. The quantitative estimate of drug-likeness (QED) is 0.0261. The highest BCUT2D eigenvalue weighted by atomic mass is 16.6. The maximum Gasteiger partial charge on any atom is 0.306 e. The Morgan fingerprint density at radius 1 is 0.292 bits per heavy atom. The molecule has 6 nitrogen and oxygen atoms in total. The number of unbranched alkanes of at least 4 members (excludes halogenated alkanes) is 30. The first-order valence-electron chi connectivity index (χ1n) is 30.6. The third kappa shape index (κ3) is 57.5. The molecule has 0 N–H and O–H groups in total. The van der Waals surface area contributed by atoms with E-state index in [9.17, 15) is 14.4 Å². The number of ether oxygens (including phenoxy) is 3. The summed E-state index contributed by atoms with van der Waals surface area (Å²) in [6, 6.07) is 0. The van der Waals surface area contributed by atoms with Gasteiger partial charge in [-0.3, -0.25) is 14.4 Å². The molecule has 1 atom stereocenters. The molecule has 0 saturated carbocycles. The first-order valence-corrected chi connectivity index (χ1v) is 30.6. The highest BCUT2D eigenvalue weighted by Crippen LogP contribution is 2.16. The van der Waals surface area contributed by atoms with E-state index in [2.05, 4.69) is 106 Å². The van der Waals surface area contributed by atoms with E-state index in [-0.39, 0.29) is 37.5 Å². The molecule has 0 aromatic carbocycles. The molecule has 0 saturated heterocycles. The van der Waals surface area contributed by atoms with E-state index in [4.69, 9.17) is 14.2 Å². The summed E-state index contributed by atoms with van der Waals surface area (Å²) in [5.74, 6) is -0.955. The minimum atomic E-state index is -0.809. The van der Waals surface area contributed by atoms with Crippen LogP contribution in [0.15, 0.2) is 85.1 Å². The standard InChI is InChI=1S/C66H114O6/c1-4-7-10-13-16-19-22-25-28-31-32-33-36-38-41-44-47-50-53-56-59-65(68)71-62-63(72-66(69)60-57-54-51-48-45-42-39-35-30-27-24-21-18-15-12-9-6-3)61-70-64(67)58-55-52-49-46-43-40-37-34-29-26-23-20-17-14-11-8-5-2/h9,12,17-18,20-21,26-27,29-30,39,42,48,51,63H,4-8,10-11,13-16,19,22-25,28,31-38,40-41,43-47,49-50,52-62H2,1-3H3/b12-9-,20-17-,21-18-,29-26-,30-27-,42-39-,51-48-. The van der Waals surface area contributed by atoms with Crippen LogP contribution in [0.4, 0.5) is 0 Å². The zero-order chi connectivity index (χ0) is 52.2. The lowest BCUT2D eigenvalue weighted by Crippen LogP contribution is -2.30. The minimum absolute atomic E-state index is 0.0994. The van der Waals surface area contributed by atoms with E-state index in [0.717, 1.165) is 89.9 Å². The molecule has 0 fully saturated rings. The van der Waals surface area contributed by atoms with E-state index >= 15 is 0 Å². The summed E-state index contributed by atoms with van der Waals surface area (Å²) in [6.45, 7) is 6.48. The van der Waals surface area contributed by atoms with Gasteiger partial charge in [-0.25, -0.2) is 0 Å². The van der Waals surface area contributed by atoms with Gasteiger partial charge in [0, 0.05) is 19.3 Å². The van der Waals surface area contributed by atoms with Gasteiger partial charge >= 0.3 is 17.9 Å². The molecule has 1 unspecified atom stereocenters. The molecule has 72 heavy (non-hydrogen) atoms. The second kappa shape index (κ2) is 60.1. The van der Waals surface area contributed by atoms with Crippen LogP contribution >= 0.6 is 0 Å². The number of esters is 3. The van der Waals surface area contributed by atoms with Crippen LogP contribution in [0.2, 0.25) is 0 Å². The van der Waals surface area contributed by atoms with Crippen LogP contribution in [-0.2, 0) is 28.6 Å². The summed E-state index contributed by atoms with van der Waals surface area (Å²) in [6.07, 6.45) is 78.7. The summed E-state index contributed by atoms with van der Waals surface area (Å²) in [7, 11) is 0. The van der Waals surface area contributed by atoms with Crippen LogP contribution in [0.3, 0.4) is 0 Å². The second-order valence-corrected chi connectivity index (χ2v) is 20.2. The predicted molar refractivity (Wildman–Crippen MR) is 311 cm³/mol. The van der Waals surface area contributed by atoms with Gasteiger partial charge in [-0.05, 0) is 89.9 Å². The SMILES string of the molecule is CC/C=C\C/C=C\C/C=C\C/C=C\C/C=C\CCCC(=O)OC(COC(=O)CCCCCCCCC/C=C\C/C=C\CCCCC)COC(=O)CCCCCCCCCCCCCCCCCCCCCC. The lowest BCUT2D eigenvalue weighted by Gasteiger charge is -2.18. The smallest absolute Gasteiger partial charge is 0.306 e. The van der Waals surface area contributed by atoms with Gasteiger partial charge in [0.05, 0.1) is 0 Å². The van der Waals surface area contributed by atoms with Crippen molar-refractivity contribution in [1.29, 1.82) is 0 Å². The maximum atomic E-state index is 12.9. The van der Waals surface area contributed by atoms with Crippen molar-refractivity contribution in [3.63, 3.8) is 0 Å². The third-order valence-corrected chi connectivity index (χ3v) is 13.1. The van der Waals surface area contributed by atoms with Crippen molar-refractivity contribution in [3.05, 3.63) is 85.1 Å². The van der Waals surface area contributed by atoms with Crippen molar-refractivity contribution in [2.45, 2.75) is 303 Å². The fraction of sp³-hybridized carbons (Fsp3) is 0.742. The van der Waals surface area contributed by atoms with E-state index < -0.39 is 6.10 Å². The van der Waals surface area contributed by atoms with Crippen LogP contribution in [0, 0.1) is 0 Å². The number of allylic oxidation sites excluding steroid dienone is 14. The highest BCUT2D eigenvalue weighted by molar-refractivity contribution is 5.71. The van der Waals surface area contributed by atoms with Crippen molar-refractivity contribution in [2.75, 3.05) is 13.2 Å². The molecule has 0 aromatic rings. The summed E-state index contributed by atoms with van der Waals surface area (Å²) < 4.78 is 16.9. The maximum absolute atomic E-state index is 12.9. The largest absolute Gasteiger partial charge is 0.462 e. The Kier molecular flexibility index (Phi) is 57.3. The third-order valence-electron chi connectivity index (χ3n) is 13.1. The Labute approximate surface area is 445 Å². The van der Waals surface area contributed by atoms with Crippen molar-refractivity contribution in [2.24, 2.45) is 0 Å². The van der Waals surface area contributed by atoms with Gasteiger partial charge in [-0.1, -0.05) is 273 Å². The zero-order valence-corrected chi connectivity index (χ0v) is 47.4. The normalized spacial score (nSPS) is 12.7. The van der Waals surface area contributed by atoms with Gasteiger partial charge in [0.1, 0.15) is 13.2 Å². The van der Waals surface area contributed by atoms with Crippen LogP contribution in [0.1, 0.15) is 297 Å². The Bertz CT molecular complexity index is 1380. The Hall–Kier alpha value is -3.41. The molecule has 0 aliphatic rings. The fourth-order valence-corrected chi connectivity index (χ4v) is 8.57. The van der Waals surface area contributed by atoms with Crippen molar-refractivity contribution >= 4 is 17.9 Å². The molecule has 0 bridgehead atoms. The molecular weight excluding hydrogens is 889 g/mol. The van der Waals surface area contributed by atoms with Crippen molar-refractivity contribution < 1.29 is 28.6 Å². The molecule has 0 spiro atoms. The first-order chi connectivity index (χ1) is 35.5. The molecule has 0 heterocycles. The Balaban J connectivity index is 4.43. The molecule has 0 aliphatic carbocycles. The van der Waals surface area contributed by atoms with Gasteiger partial charge in [-0.15, -0.1) is 0 Å². The number of hydrogen-bond acceptors (Lipinski definition) is 6. The van der Waals surface area contributed by atoms with E-state index in [1.54, 1.807) is 0 Å². The zero-order valence-electron chi connectivity index (χ0n) is 47.4. The topological polar surface area (TPSA) is 78.9 Å². The average molecular weight is 1000 g/mol. The van der Waals surface area contributed by atoms with Gasteiger partial charge in [-0.2, -0.15) is 0 Å². The summed E-state index contributed by atoms with van der Waals surface area (Å²) in [5, 5.41) is 0. The van der Waals surface area contributed by atoms with Gasteiger partial charge in [0.2, 0.25) is 0 Å². The number of carbonyl (C=O) groups is 3. The molecule has 0 rings (SSSR count). The minimum Gasteiger partial charge on any atom is -0.462 e. The van der Waals surface area contributed by atoms with E-state index in [1.165, 1.54) is 161 Å². The molecule has 0 amide bonds. The van der Waals surface area contributed by atoms with Crippen LogP contribution in [0.25, 0.3) is 0 Å². The molecule has 414 valence electrons.